The molecule has 110 valence electrons. The number of carbonyl (C=O) groups is 1. The highest BCUT2D eigenvalue weighted by Crippen LogP contribution is 2.37. The van der Waals surface area contributed by atoms with Crippen molar-refractivity contribution in [1.82, 2.24) is 5.16 Å². The van der Waals surface area contributed by atoms with Crippen molar-refractivity contribution in [2.24, 2.45) is 0 Å². The number of rotatable bonds is 3. The van der Waals surface area contributed by atoms with Crippen molar-refractivity contribution < 1.29 is 9.32 Å². The average molecular weight is 314 g/mol. The molecule has 3 rings (SSSR count). The molecule has 1 aromatic heterocycles. The molecule has 0 aliphatic rings. The zero-order valence-corrected chi connectivity index (χ0v) is 12.2. The number of benzene rings is 2. The van der Waals surface area contributed by atoms with Gasteiger partial charge in [0.2, 0.25) is 5.91 Å². The van der Waals surface area contributed by atoms with Crippen molar-refractivity contribution in [3.05, 3.63) is 54.1 Å². The first-order valence-corrected chi connectivity index (χ1v) is 6.85. The molecule has 0 bridgehead atoms. The molecule has 6 heteroatoms. The van der Waals surface area contributed by atoms with E-state index in [2.05, 4.69) is 17.1 Å². The van der Waals surface area contributed by atoms with Crippen molar-refractivity contribution in [2.75, 3.05) is 11.1 Å². The van der Waals surface area contributed by atoms with E-state index in [9.17, 15) is 4.79 Å². The third kappa shape index (κ3) is 2.42. The molecule has 0 saturated carbocycles. The largest absolute Gasteiger partial charge is 0.380 e. The molecule has 22 heavy (non-hydrogen) atoms. The van der Waals surface area contributed by atoms with E-state index < -0.39 is 0 Å². The first kappa shape index (κ1) is 14.2. The van der Waals surface area contributed by atoms with E-state index in [1.54, 1.807) is 18.2 Å². The van der Waals surface area contributed by atoms with Crippen LogP contribution in [-0.4, -0.2) is 11.1 Å². The Morgan fingerprint density at radius 3 is 2.68 bits per heavy atom. The monoisotopic (exact) mass is 313 g/mol. The molecule has 0 spiro atoms. The Morgan fingerprint density at radius 2 is 2.00 bits per heavy atom. The second kappa shape index (κ2) is 5.54. The van der Waals surface area contributed by atoms with Gasteiger partial charge in [0.15, 0.2) is 11.4 Å². The summed E-state index contributed by atoms with van der Waals surface area (Å²) in [5.74, 6) is 0.00108. The lowest BCUT2D eigenvalue weighted by molar-refractivity contribution is -0.111. The van der Waals surface area contributed by atoms with E-state index in [1.807, 2.05) is 18.2 Å². The number of amides is 1. The van der Waals surface area contributed by atoms with Crippen molar-refractivity contribution in [1.29, 1.82) is 0 Å². The number of fused-ring (bicyclic) bond motifs is 1. The standard InChI is InChI=1S/C16H12ClN3O2/c1-2-13(21)19-10-5-3-9(4-6-10)11-7-8-12-14(15(11)17)16(18)20-22-12/h2-8H,1H2,(H2,18,20)(H,19,21). The molecule has 0 unspecified atom stereocenters. The van der Waals surface area contributed by atoms with Crippen molar-refractivity contribution >= 4 is 40.0 Å². The van der Waals surface area contributed by atoms with Crippen LogP contribution >= 0.6 is 11.6 Å². The van der Waals surface area contributed by atoms with Gasteiger partial charge in [0, 0.05) is 11.3 Å². The lowest BCUT2D eigenvalue weighted by Crippen LogP contribution is -2.06. The third-order valence-electron chi connectivity index (χ3n) is 3.25. The molecule has 0 aliphatic heterocycles. The number of hydrogen-bond donors (Lipinski definition) is 2. The molecule has 1 heterocycles. The Balaban J connectivity index is 2.00. The molecule has 2 aromatic carbocycles. The fourth-order valence-electron chi connectivity index (χ4n) is 2.17. The first-order valence-electron chi connectivity index (χ1n) is 6.47. The SMILES string of the molecule is C=CC(=O)Nc1ccc(-c2ccc3onc(N)c3c2Cl)cc1. The summed E-state index contributed by atoms with van der Waals surface area (Å²) >= 11 is 6.41. The summed E-state index contributed by atoms with van der Waals surface area (Å²) in [5, 5.41) is 7.48. The molecule has 0 fully saturated rings. The van der Waals surface area contributed by atoms with Crippen LogP contribution in [-0.2, 0) is 4.79 Å². The molecule has 0 atom stereocenters. The Kier molecular flexibility index (Phi) is 3.56. The van der Waals surface area contributed by atoms with Crippen molar-refractivity contribution in [3.63, 3.8) is 0 Å². The van der Waals surface area contributed by atoms with Crippen LogP contribution in [0.3, 0.4) is 0 Å². The number of halogens is 1. The van der Waals surface area contributed by atoms with Crippen molar-refractivity contribution in [3.8, 4) is 11.1 Å². The minimum atomic E-state index is -0.260. The molecule has 3 N–H and O–H groups in total. The Bertz CT molecular complexity index is 869. The highest BCUT2D eigenvalue weighted by atomic mass is 35.5. The summed E-state index contributed by atoms with van der Waals surface area (Å²) in [5.41, 5.74) is 8.69. The average Bonchev–Trinajstić information content (AvgIpc) is 2.91. The number of aromatic nitrogens is 1. The normalized spacial score (nSPS) is 10.6. The highest BCUT2D eigenvalue weighted by Gasteiger charge is 2.14. The van der Waals surface area contributed by atoms with Gasteiger partial charge in [0.05, 0.1) is 10.4 Å². The summed E-state index contributed by atoms with van der Waals surface area (Å²) in [6, 6.07) is 10.9. The fraction of sp³-hybridized carbons (Fsp3) is 0. The lowest BCUT2D eigenvalue weighted by Gasteiger charge is -2.07. The number of carbonyl (C=O) groups excluding carboxylic acids is 1. The van der Waals surface area contributed by atoms with Crippen LogP contribution in [0.25, 0.3) is 22.1 Å². The number of nitrogens with two attached hydrogens (primary N) is 1. The van der Waals surface area contributed by atoms with Crippen molar-refractivity contribution in [2.45, 2.75) is 0 Å². The van der Waals surface area contributed by atoms with E-state index in [-0.39, 0.29) is 11.7 Å². The third-order valence-corrected chi connectivity index (χ3v) is 3.64. The van der Waals surface area contributed by atoms with Gasteiger partial charge < -0.3 is 15.6 Å². The molecule has 0 aliphatic carbocycles. The summed E-state index contributed by atoms with van der Waals surface area (Å²) in [7, 11) is 0. The van der Waals surface area contributed by atoms with Crippen LogP contribution in [0.4, 0.5) is 11.5 Å². The lowest BCUT2D eigenvalue weighted by atomic mass is 10.0. The van der Waals surface area contributed by atoms with Crippen LogP contribution < -0.4 is 11.1 Å². The van der Waals surface area contributed by atoms with Gasteiger partial charge in [-0.3, -0.25) is 4.79 Å². The predicted molar refractivity (Wildman–Crippen MR) is 87.7 cm³/mol. The van der Waals surface area contributed by atoms with Gasteiger partial charge in [0.25, 0.3) is 0 Å². The summed E-state index contributed by atoms with van der Waals surface area (Å²) in [4.78, 5) is 11.3. The molecular weight excluding hydrogens is 302 g/mol. The van der Waals surface area contributed by atoms with Crippen LogP contribution in [0, 0.1) is 0 Å². The zero-order valence-electron chi connectivity index (χ0n) is 11.5. The number of hydrogen-bond acceptors (Lipinski definition) is 4. The molecular formula is C16H12ClN3O2. The van der Waals surface area contributed by atoms with Gasteiger partial charge in [-0.15, -0.1) is 0 Å². The van der Waals surface area contributed by atoms with Crippen LogP contribution in [0.1, 0.15) is 0 Å². The minimum absolute atomic E-state index is 0.260. The van der Waals surface area contributed by atoms with Gasteiger partial charge in [-0.1, -0.05) is 35.5 Å². The maximum atomic E-state index is 11.3. The van der Waals surface area contributed by atoms with Crippen LogP contribution in [0.5, 0.6) is 0 Å². The first-order chi connectivity index (χ1) is 10.6. The Labute approximate surface area is 131 Å². The number of nitrogen functional groups attached to an aromatic ring is 1. The molecule has 0 radical (unpaired) electrons. The summed E-state index contributed by atoms with van der Waals surface area (Å²) in [6.07, 6.45) is 1.22. The zero-order chi connectivity index (χ0) is 15.7. The van der Waals surface area contributed by atoms with E-state index in [0.29, 0.717) is 21.7 Å². The highest BCUT2D eigenvalue weighted by molar-refractivity contribution is 6.39. The van der Waals surface area contributed by atoms with Gasteiger partial charge in [-0.2, -0.15) is 0 Å². The quantitative estimate of drug-likeness (QED) is 0.719. The van der Waals surface area contributed by atoms with Gasteiger partial charge in [0.1, 0.15) is 0 Å². The smallest absolute Gasteiger partial charge is 0.247 e. The number of nitrogens with one attached hydrogen (secondary N) is 1. The molecule has 1 amide bonds. The Hall–Kier alpha value is -2.79. The number of nitrogens with zero attached hydrogens (tertiary/aromatic N) is 1. The topological polar surface area (TPSA) is 81.2 Å². The van der Waals surface area contributed by atoms with Crippen LogP contribution in [0.15, 0.2) is 53.6 Å². The maximum Gasteiger partial charge on any atom is 0.247 e. The van der Waals surface area contributed by atoms with E-state index in [0.717, 1.165) is 11.1 Å². The molecule has 0 saturated heterocycles. The summed E-state index contributed by atoms with van der Waals surface area (Å²) in [6.45, 7) is 3.41. The Morgan fingerprint density at radius 1 is 1.27 bits per heavy atom. The van der Waals surface area contributed by atoms with Gasteiger partial charge >= 0.3 is 0 Å². The van der Waals surface area contributed by atoms with E-state index in [4.69, 9.17) is 21.9 Å². The second-order valence-corrected chi connectivity index (χ2v) is 5.02. The number of anilines is 2. The predicted octanol–water partition coefficient (Wildman–Crippen LogP) is 3.85. The van der Waals surface area contributed by atoms with Crippen LogP contribution in [0.2, 0.25) is 5.02 Å². The minimum Gasteiger partial charge on any atom is -0.380 e. The maximum absolute atomic E-state index is 11.3. The van der Waals surface area contributed by atoms with Gasteiger partial charge in [-0.25, -0.2) is 0 Å². The van der Waals surface area contributed by atoms with E-state index in [1.165, 1.54) is 6.08 Å². The molecule has 3 aromatic rings. The fourth-order valence-corrected chi connectivity index (χ4v) is 2.53. The summed E-state index contributed by atoms with van der Waals surface area (Å²) < 4.78 is 5.08. The van der Waals surface area contributed by atoms with Gasteiger partial charge in [-0.05, 0) is 35.9 Å². The second-order valence-electron chi connectivity index (χ2n) is 4.64. The molecule has 5 nitrogen and oxygen atoms in total. The van der Waals surface area contributed by atoms with E-state index >= 15 is 0 Å².